The topological polar surface area (TPSA) is 87.3 Å². The summed E-state index contributed by atoms with van der Waals surface area (Å²) in [5.74, 6) is -0.611. The fourth-order valence-electron chi connectivity index (χ4n) is 2.75. The highest BCUT2D eigenvalue weighted by Gasteiger charge is 2.45. The summed E-state index contributed by atoms with van der Waals surface area (Å²) < 4.78 is 31.5. The maximum absolute atomic E-state index is 12.9. The van der Waals surface area contributed by atoms with Gasteiger partial charge in [0, 0.05) is 0 Å². The van der Waals surface area contributed by atoms with Crippen LogP contribution in [0.25, 0.3) is 0 Å². The van der Waals surface area contributed by atoms with Crippen molar-refractivity contribution in [3.8, 4) is 0 Å². The normalized spacial score (nSPS) is 17.7. The molecule has 2 rings (SSSR count). The quantitative estimate of drug-likeness (QED) is 0.484. The molecule has 1 fully saturated rings. The number of methoxy groups -OCH3 is 1. The molecule has 0 atom stereocenters. The number of carbonyl (C=O) groups is 1. The van der Waals surface area contributed by atoms with Gasteiger partial charge in [0.25, 0.3) is 6.43 Å². The SMILES string of the molecule is COC(=O)C1(n2cc([N+](=O)[O-])c(C(F)F)n2)CCCCC1. The molecule has 1 heterocycles. The summed E-state index contributed by atoms with van der Waals surface area (Å²) in [6.07, 6.45) is 0.861. The second-order valence-corrected chi connectivity index (χ2v) is 4.99. The largest absolute Gasteiger partial charge is 0.467 e. The van der Waals surface area contributed by atoms with Crippen LogP contribution in [0.1, 0.15) is 44.2 Å². The molecule has 1 saturated carbocycles. The number of hydrogen-bond acceptors (Lipinski definition) is 5. The lowest BCUT2D eigenvalue weighted by Crippen LogP contribution is -2.45. The van der Waals surface area contributed by atoms with Gasteiger partial charge in [0.1, 0.15) is 6.20 Å². The van der Waals surface area contributed by atoms with E-state index in [0.717, 1.165) is 17.3 Å². The maximum atomic E-state index is 12.9. The summed E-state index contributed by atoms with van der Waals surface area (Å²) in [5.41, 5.74) is -2.93. The van der Waals surface area contributed by atoms with Crippen LogP contribution >= 0.6 is 0 Å². The molecule has 1 aromatic heterocycles. The van der Waals surface area contributed by atoms with E-state index in [4.69, 9.17) is 4.74 Å². The molecule has 1 aromatic rings. The third kappa shape index (κ3) is 2.59. The van der Waals surface area contributed by atoms with E-state index in [1.165, 1.54) is 7.11 Å². The van der Waals surface area contributed by atoms with Gasteiger partial charge in [0.2, 0.25) is 5.69 Å². The Kier molecular flexibility index (Phi) is 4.19. The third-order valence-electron chi connectivity index (χ3n) is 3.81. The Morgan fingerprint density at radius 3 is 2.52 bits per heavy atom. The lowest BCUT2D eigenvalue weighted by Gasteiger charge is -2.34. The second-order valence-electron chi connectivity index (χ2n) is 4.99. The molecular formula is C12H15F2N3O4. The monoisotopic (exact) mass is 303 g/mol. The lowest BCUT2D eigenvalue weighted by molar-refractivity contribution is -0.386. The van der Waals surface area contributed by atoms with Gasteiger partial charge >= 0.3 is 11.7 Å². The molecule has 1 aliphatic carbocycles. The number of alkyl halides is 2. The standard InChI is InChI=1S/C12H15F2N3O4/c1-21-11(18)12(5-3-2-4-6-12)16-7-8(17(19)20)9(15-16)10(13)14/h7,10H,2-6H2,1H3. The van der Waals surface area contributed by atoms with E-state index >= 15 is 0 Å². The highest BCUT2D eigenvalue weighted by Crippen LogP contribution is 2.38. The Labute approximate surface area is 119 Å². The van der Waals surface area contributed by atoms with Crippen LogP contribution in [0.5, 0.6) is 0 Å². The minimum absolute atomic E-state index is 0.362. The molecule has 0 radical (unpaired) electrons. The van der Waals surface area contributed by atoms with Crippen molar-refractivity contribution in [1.29, 1.82) is 0 Å². The molecule has 21 heavy (non-hydrogen) atoms. The van der Waals surface area contributed by atoms with Crippen molar-refractivity contribution < 1.29 is 23.2 Å². The maximum Gasteiger partial charge on any atom is 0.333 e. The molecule has 0 saturated heterocycles. The van der Waals surface area contributed by atoms with E-state index in [1.807, 2.05) is 0 Å². The molecule has 116 valence electrons. The van der Waals surface area contributed by atoms with Gasteiger partial charge in [-0.2, -0.15) is 5.10 Å². The summed E-state index contributed by atoms with van der Waals surface area (Å²) >= 11 is 0. The van der Waals surface area contributed by atoms with Gasteiger partial charge in [0.05, 0.1) is 12.0 Å². The smallest absolute Gasteiger partial charge is 0.333 e. The Hall–Kier alpha value is -2.06. The van der Waals surface area contributed by atoms with Crippen molar-refractivity contribution in [1.82, 2.24) is 9.78 Å². The van der Waals surface area contributed by atoms with Crippen LogP contribution in [0.2, 0.25) is 0 Å². The second kappa shape index (κ2) is 5.74. The molecule has 0 aromatic carbocycles. The Morgan fingerprint density at radius 2 is 2.10 bits per heavy atom. The number of esters is 1. The zero-order valence-electron chi connectivity index (χ0n) is 11.4. The van der Waals surface area contributed by atoms with Gasteiger partial charge in [-0.3, -0.25) is 10.1 Å². The van der Waals surface area contributed by atoms with Crippen LogP contribution in [0.4, 0.5) is 14.5 Å². The van der Waals surface area contributed by atoms with Gasteiger partial charge in [-0.25, -0.2) is 18.3 Å². The number of nitrogens with zero attached hydrogens (tertiary/aromatic N) is 3. The first-order valence-corrected chi connectivity index (χ1v) is 6.53. The first kappa shape index (κ1) is 15.3. The zero-order chi connectivity index (χ0) is 15.6. The van der Waals surface area contributed by atoms with Gasteiger partial charge < -0.3 is 4.74 Å². The molecule has 0 unspecified atom stereocenters. The fraction of sp³-hybridized carbons (Fsp3) is 0.667. The van der Waals surface area contributed by atoms with Gasteiger partial charge in [0.15, 0.2) is 5.54 Å². The van der Waals surface area contributed by atoms with E-state index in [9.17, 15) is 23.7 Å². The number of aromatic nitrogens is 2. The number of carbonyl (C=O) groups excluding carboxylic acids is 1. The number of hydrogen-bond donors (Lipinski definition) is 0. The van der Waals surface area contributed by atoms with Crippen LogP contribution in [0, 0.1) is 10.1 Å². The molecule has 9 heteroatoms. The van der Waals surface area contributed by atoms with Crippen LogP contribution in [-0.4, -0.2) is 27.8 Å². The first-order valence-electron chi connectivity index (χ1n) is 6.53. The third-order valence-corrected chi connectivity index (χ3v) is 3.81. The number of halogens is 2. The number of rotatable bonds is 4. The Morgan fingerprint density at radius 1 is 1.48 bits per heavy atom. The molecule has 0 spiro atoms. The number of nitro groups is 1. The minimum atomic E-state index is -3.08. The van der Waals surface area contributed by atoms with Crippen LogP contribution in [-0.2, 0) is 15.1 Å². The lowest BCUT2D eigenvalue weighted by atomic mass is 9.82. The van der Waals surface area contributed by atoms with Crippen LogP contribution in [0.3, 0.4) is 0 Å². The van der Waals surface area contributed by atoms with E-state index in [2.05, 4.69) is 5.10 Å². The predicted molar refractivity (Wildman–Crippen MR) is 66.9 cm³/mol. The van der Waals surface area contributed by atoms with Crippen molar-refractivity contribution in [2.45, 2.75) is 44.1 Å². The van der Waals surface area contributed by atoms with Gasteiger partial charge in [-0.15, -0.1) is 0 Å². The van der Waals surface area contributed by atoms with E-state index in [-0.39, 0.29) is 0 Å². The summed E-state index contributed by atoms with van der Waals surface area (Å²) in [6.45, 7) is 0. The average molecular weight is 303 g/mol. The summed E-state index contributed by atoms with van der Waals surface area (Å²) in [4.78, 5) is 22.1. The van der Waals surface area contributed by atoms with E-state index in [1.54, 1.807) is 0 Å². The Balaban J connectivity index is 2.53. The highest BCUT2D eigenvalue weighted by atomic mass is 19.3. The first-order chi connectivity index (χ1) is 9.92. The highest BCUT2D eigenvalue weighted by molar-refractivity contribution is 5.78. The molecule has 1 aliphatic rings. The van der Waals surface area contributed by atoms with Crippen LogP contribution < -0.4 is 0 Å². The predicted octanol–water partition coefficient (Wildman–Crippen LogP) is 2.56. The van der Waals surface area contributed by atoms with Crippen molar-refractivity contribution in [3.63, 3.8) is 0 Å². The van der Waals surface area contributed by atoms with Crippen molar-refractivity contribution >= 4 is 11.7 Å². The van der Waals surface area contributed by atoms with Crippen molar-refractivity contribution in [2.24, 2.45) is 0 Å². The Bertz CT molecular complexity index is 553. The van der Waals surface area contributed by atoms with Crippen molar-refractivity contribution in [3.05, 3.63) is 22.0 Å². The summed E-state index contributed by atoms with van der Waals surface area (Å²) in [5, 5.41) is 14.5. The zero-order valence-corrected chi connectivity index (χ0v) is 11.4. The van der Waals surface area contributed by atoms with Gasteiger partial charge in [-0.1, -0.05) is 19.3 Å². The van der Waals surface area contributed by atoms with Crippen LogP contribution in [0.15, 0.2) is 6.20 Å². The molecule has 0 aliphatic heterocycles. The molecule has 7 nitrogen and oxygen atoms in total. The van der Waals surface area contributed by atoms with Gasteiger partial charge in [-0.05, 0) is 12.8 Å². The van der Waals surface area contributed by atoms with Crippen molar-refractivity contribution in [2.75, 3.05) is 7.11 Å². The van der Waals surface area contributed by atoms with E-state index < -0.39 is 34.2 Å². The number of ether oxygens (including phenoxy) is 1. The average Bonchev–Trinajstić information content (AvgIpc) is 2.93. The summed E-state index contributed by atoms with van der Waals surface area (Å²) in [7, 11) is 1.20. The minimum Gasteiger partial charge on any atom is -0.467 e. The molecule has 0 bridgehead atoms. The molecule has 0 amide bonds. The fourth-order valence-corrected chi connectivity index (χ4v) is 2.75. The summed E-state index contributed by atoms with van der Waals surface area (Å²) in [6, 6.07) is 0. The van der Waals surface area contributed by atoms with E-state index in [0.29, 0.717) is 25.7 Å². The molecule has 0 N–H and O–H groups in total. The molecular weight excluding hydrogens is 288 g/mol.